The number of amides is 2. The smallest absolute Gasteiger partial charge is 0.268 e. The molecule has 124 valence electrons. The Morgan fingerprint density at radius 3 is 2.40 bits per heavy atom. The summed E-state index contributed by atoms with van der Waals surface area (Å²) < 4.78 is 0. The Bertz CT molecular complexity index is 956. The van der Waals surface area contributed by atoms with Gasteiger partial charge in [0.15, 0.2) is 0 Å². The summed E-state index contributed by atoms with van der Waals surface area (Å²) in [6.45, 7) is 1.84. The molecule has 3 aromatic rings. The highest BCUT2D eigenvalue weighted by atomic mass is 16.2. The molecule has 0 spiro atoms. The number of carbonyl (C=O) groups excluding carboxylic acids is 2. The van der Waals surface area contributed by atoms with Crippen molar-refractivity contribution in [3.8, 4) is 0 Å². The van der Waals surface area contributed by atoms with Gasteiger partial charge in [-0.3, -0.25) is 20.4 Å². The Balaban J connectivity index is 1.65. The maximum Gasteiger partial charge on any atom is 0.269 e. The molecule has 0 fully saturated rings. The van der Waals surface area contributed by atoms with E-state index in [4.69, 9.17) is 0 Å². The molecule has 0 unspecified atom stereocenters. The zero-order valence-electron chi connectivity index (χ0n) is 13.8. The molecule has 3 aromatic carbocycles. The first-order valence-electron chi connectivity index (χ1n) is 7.97. The second-order valence-corrected chi connectivity index (χ2v) is 5.66. The molecule has 0 atom stereocenters. The van der Waals surface area contributed by atoms with E-state index in [1.54, 1.807) is 18.2 Å². The van der Waals surface area contributed by atoms with E-state index in [2.05, 4.69) is 10.9 Å². The van der Waals surface area contributed by atoms with Crippen LogP contribution >= 0.6 is 0 Å². The topological polar surface area (TPSA) is 58.2 Å². The molecular formula is C21H18N2O2. The number of aryl methyl sites for hydroxylation is 1. The lowest BCUT2D eigenvalue weighted by molar-refractivity contribution is -0.117. The lowest BCUT2D eigenvalue weighted by Crippen LogP contribution is -2.41. The molecule has 0 aliphatic heterocycles. The van der Waals surface area contributed by atoms with Gasteiger partial charge in [0, 0.05) is 11.6 Å². The van der Waals surface area contributed by atoms with Crippen LogP contribution in [0.1, 0.15) is 21.5 Å². The second kappa shape index (κ2) is 7.45. The van der Waals surface area contributed by atoms with Crippen molar-refractivity contribution in [2.24, 2.45) is 0 Å². The van der Waals surface area contributed by atoms with Crippen LogP contribution in [0.15, 0.2) is 72.8 Å². The third kappa shape index (κ3) is 3.93. The summed E-state index contributed by atoms with van der Waals surface area (Å²) in [5.41, 5.74) is 7.14. The Hall–Kier alpha value is -3.40. The first kappa shape index (κ1) is 16.5. The number of fused-ring (bicyclic) bond motifs is 1. The molecule has 0 aliphatic carbocycles. The molecule has 3 rings (SSSR count). The van der Waals surface area contributed by atoms with Gasteiger partial charge >= 0.3 is 0 Å². The molecule has 0 saturated heterocycles. The van der Waals surface area contributed by atoms with Crippen LogP contribution in [0.2, 0.25) is 0 Å². The van der Waals surface area contributed by atoms with Gasteiger partial charge in [-0.25, -0.2) is 0 Å². The number of hydrogen-bond acceptors (Lipinski definition) is 2. The minimum absolute atomic E-state index is 0.343. The van der Waals surface area contributed by atoms with Crippen LogP contribution < -0.4 is 10.9 Å². The van der Waals surface area contributed by atoms with Crippen LogP contribution in [-0.2, 0) is 4.79 Å². The van der Waals surface area contributed by atoms with Crippen molar-refractivity contribution in [1.29, 1.82) is 0 Å². The van der Waals surface area contributed by atoms with Crippen molar-refractivity contribution in [2.75, 3.05) is 0 Å². The molecule has 2 N–H and O–H groups in total. The predicted octanol–water partition coefficient (Wildman–Crippen LogP) is 3.62. The van der Waals surface area contributed by atoms with Crippen LogP contribution in [0.4, 0.5) is 0 Å². The highest BCUT2D eigenvalue weighted by molar-refractivity contribution is 6.00. The SMILES string of the molecule is Cc1ccccc1C(=O)NNC(=O)/C=C/c1cccc2ccccc12. The normalized spacial score (nSPS) is 10.8. The minimum atomic E-state index is -0.394. The average molecular weight is 330 g/mol. The van der Waals surface area contributed by atoms with E-state index in [9.17, 15) is 9.59 Å². The molecule has 2 amide bonds. The van der Waals surface area contributed by atoms with Crippen LogP contribution in [0.5, 0.6) is 0 Å². The first-order chi connectivity index (χ1) is 12.1. The molecule has 0 bridgehead atoms. The van der Waals surface area contributed by atoms with E-state index in [1.165, 1.54) is 6.08 Å². The number of benzene rings is 3. The van der Waals surface area contributed by atoms with E-state index >= 15 is 0 Å². The van der Waals surface area contributed by atoms with Crippen LogP contribution in [-0.4, -0.2) is 11.8 Å². The Morgan fingerprint density at radius 2 is 1.56 bits per heavy atom. The molecule has 4 nitrogen and oxygen atoms in total. The summed E-state index contributed by atoms with van der Waals surface area (Å²) in [6, 6.07) is 21.1. The summed E-state index contributed by atoms with van der Waals surface area (Å²) in [6.07, 6.45) is 3.14. The third-order valence-electron chi connectivity index (χ3n) is 3.93. The third-order valence-corrected chi connectivity index (χ3v) is 3.93. The van der Waals surface area contributed by atoms with Gasteiger partial charge in [-0.1, -0.05) is 60.7 Å². The fourth-order valence-electron chi connectivity index (χ4n) is 2.62. The molecule has 4 heteroatoms. The largest absolute Gasteiger partial charge is 0.269 e. The molecule has 0 aliphatic rings. The number of hydrogen-bond donors (Lipinski definition) is 2. The fourth-order valence-corrected chi connectivity index (χ4v) is 2.62. The first-order valence-corrected chi connectivity index (χ1v) is 7.97. The van der Waals surface area contributed by atoms with Crippen LogP contribution in [0.25, 0.3) is 16.8 Å². The van der Waals surface area contributed by atoms with Crippen molar-refractivity contribution in [3.05, 3.63) is 89.5 Å². The van der Waals surface area contributed by atoms with E-state index in [0.717, 1.165) is 21.9 Å². The molecule has 0 radical (unpaired) electrons. The van der Waals surface area contributed by atoms with Gasteiger partial charge in [-0.05, 0) is 41.0 Å². The van der Waals surface area contributed by atoms with Crippen LogP contribution in [0, 0.1) is 6.92 Å². The van der Waals surface area contributed by atoms with E-state index in [-0.39, 0.29) is 5.91 Å². The summed E-state index contributed by atoms with van der Waals surface area (Å²) >= 11 is 0. The zero-order chi connectivity index (χ0) is 17.6. The lowest BCUT2D eigenvalue weighted by atomic mass is 10.0. The van der Waals surface area contributed by atoms with Crippen molar-refractivity contribution < 1.29 is 9.59 Å². The fraction of sp³-hybridized carbons (Fsp3) is 0.0476. The van der Waals surface area contributed by atoms with Gasteiger partial charge < -0.3 is 0 Å². The molecule has 25 heavy (non-hydrogen) atoms. The summed E-state index contributed by atoms with van der Waals surface area (Å²) in [5.74, 6) is -0.736. The Morgan fingerprint density at radius 1 is 0.840 bits per heavy atom. The highest BCUT2D eigenvalue weighted by Crippen LogP contribution is 2.19. The van der Waals surface area contributed by atoms with Gasteiger partial charge in [0.05, 0.1) is 0 Å². The van der Waals surface area contributed by atoms with Gasteiger partial charge in [-0.2, -0.15) is 0 Å². The highest BCUT2D eigenvalue weighted by Gasteiger charge is 2.08. The summed E-state index contributed by atoms with van der Waals surface area (Å²) in [7, 11) is 0. The standard InChI is InChI=1S/C21H18N2O2/c1-15-7-2-4-11-18(15)21(25)23-22-20(24)14-13-17-10-6-9-16-8-3-5-12-19(16)17/h2-14H,1H3,(H,22,24)(H,23,25)/b14-13+. The second-order valence-electron chi connectivity index (χ2n) is 5.66. The van der Waals surface area contributed by atoms with Crippen molar-refractivity contribution in [3.63, 3.8) is 0 Å². The van der Waals surface area contributed by atoms with Gasteiger partial charge in [0.1, 0.15) is 0 Å². The maximum atomic E-state index is 12.1. The lowest BCUT2D eigenvalue weighted by Gasteiger charge is -2.07. The van der Waals surface area contributed by atoms with Crippen molar-refractivity contribution in [1.82, 2.24) is 10.9 Å². The Labute approximate surface area is 146 Å². The van der Waals surface area contributed by atoms with Crippen molar-refractivity contribution in [2.45, 2.75) is 6.92 Å². The summed E-state index contributed by atoms with van der Waals surface area (Å²) in [4.78, 5) is 24.0. The number of hydrazine groups is 1. The van der Waals surface area contributed by atoms with E-state index in [1.807, 2.05) is 61.5 Å². The molecular weight excluding hydrogens is 312 g/mol. The molecule has 0 aromatic heterocycles. The molecule has 0 saturated carbocycles. The maximum absolute atomic E-state index is 12.1. The number of nitrogens with one attached hydrogen (secondary N) is 2. The van der Waals surface area contributed by atoms with Crippen LogP contribution in [0.3, 0.4) is 0 Å². The van der Waals surface area contributed by atoms with Gasteiger partial charge in [0.2, 0.25) is 0 Å². The summed E-state index contributed by atoms with van der Waals surface area (Å²) in [5, 5.41) is 2.18. The van der Waals surface area contributed by atoms with Crippen molar-refractivity contribution >= 4 is 28.7 Å². The van der Waals surface area contributed by atoms with E-state index in [0.29, 0.717) is 5.56 Å². The monoisotopic (exact) mass is 330 g/mol. The zero-order valence-corrected chi connectivity index (χ0v) is 13.8. The quantitative estimate of drug-likeness (QED) is 0.569. The average Bonchev–Trinajstić information content (AvgIpc) is 2.64. The van der Waals surface area contributed by atoms with Gasteiger partial charge in [-0.15, -0.1) is 0 Å². The van der Waals surface area contributed by atoms with E-state index < -0.39 is 5.91 Å². The number of rotatable bonds is 3. The number of carbonyl (C=O) groups is 2. The predicted molar refractivity (Wildman–Crippen MR) is 99.8 cm³/mol. The minimum Gasteiger partial charge on any atom is -0.268 e. The Kier molecular flexibility index (Phi) is 4.90. The molecule has 0 heterocycles. The van der Waals surface area contributed by atoms with Gasteiger partial charge in [0.25, 0.3) is 11.8 Å².